The second-order valence-corrected chi connectivity index (χ2v) is 6.44. The van der Waals surface area contributed by atoms with Crippen molar-refractivity contribution in [2.45, 2.75) is 31.4 Å². The number of hydrogen-bond donors (Lipinski definition) is 1. The minimum absolute atomic E-state index is 0.329. The van der Waals surface area contributed by atoms with Gasteiger partial charge in [0.2, 0.25) is 0 Å². The van der Waals surface area contributed by atoms with E-state index in [0.29, 0.717) is 19.6 Å². The Kier molecular flexibility index (Phi) is 9.23. The SMILES string of the molecule is COC(=O)/C=C/C(=O)O[C@H]1CN[C@H](C(=O)OCCCCN2CCOCC2)C1. The topological polar surface area (TPSA) is 103 Å². The van der Waals surface area contributed by atoms with Crippen LogP contribution >= 0.6 is 0 Å². The lowest BCUT2D eigenvalue weighted by atomic mass is 10.2. The Bertz CT molecular complexity index is 532. The van der Waals surface area contributed by atoms with E-state index in [4.69, 9.17) is 14.2 Å². The van der Waals surface area contributed by atoms with Crippen molar-refractivity contribution in [2.24, 2.45) is 0 Å². The molecule has 0 aromatic heterocycles. The van der Waals surface area contributed by atoms with Crippen molar-refractivity contribution in [2.75, 3.05) is 53.1 Å². The van der Waals surface area contributed by atoms with Crippen molar-refractivity contribution in [3.05, 3.63) is 12.2 Å². The van der Waals surface area contributed by atoms with Gasteiger partial charge in [-0.1, -0.05) is 0 Å². The molecule has 2 aliphatic heterocycles. The number of methoxy groups -OCH3 is 1. The smallest absolute Gasteiger partial charge is 0.331 e. The molecule has 9 heteroatoms. The Balaban J connectivity index is 1.56. The molecule has 2 saturated heterocycles. The Labute approximate surface area is 158 Å². The molecular weight excluding hydrogens is 356 g/mol. The van der Waals surface area contributed by atoms with Gasteiger partial charge in [-0.15, -0.1) is 0 Å². The number of unbranched alkanes of at least 4 members (excludes halogenated alkanes) is 1. The van der Waals surface area contributed by atoms with Crippen LogP contribution in [0.25, 0.3) is 0 Å². The number of ether oxygens (including phenoxy) is 4. The van der Waals surface area contributed by atoms with E-state index in [0.717, 1.165) is 57.8 Å². The summed E-state index contributed by atoms with van der Waals surface area (Å²) in [5, 5.41) is 2.99. The molecule has 0 aromatic rings. The van der Waals surface area contributed by atoms with E-state index in [2.05, 4.69) is 15.0 Å². The van der Waals surface area contributed by atoms with Crippen LogP contribution < -0.4 is 5.32 Å². The molecule has 2 fully saturated rings. The van der Waals surface area contributed by atoms with Crippen LogP contribution in [-0.2, 0) is 33.3 Å². The normalized spacial score (nSPS) is 23.3. The average Bonchev–Trinajstić information content (AvgIpc) is 3.15. The van der Waals surface area contributed by atoms with Gasteiger partial charge in [-0.2, -0.15) is 0 Å². The summed E-state index contributed by atoms with van der Waals surface area (Å²) in [6.07, 6.45) is 3.70. The molecule has 2 atom stereocenters. The number of carbonyl (C=O) groups is 3. The third kappa shape index (κ3) is 8.06. The van der Waals surface area contributed by atoms with Gasteiger partial charge in [0, 0.05) is 38.2 Å². The standard InChI is InChI=1S/C18H28N2O7/c1-24-16(21)4-5-17(22)27-14-12-15(19-13-14)18(23)26-9-3-2-6-20-7-10-25-11-8-20/h4-5,14-15,19H,2-3,6-13H2,1H3/b5-4+/t14-,15+/m1/s1. The first-order chi connectivity index (χ1) is 13.1. The maximum absolute atomic E-state index is 12.1. The Hall–Kier alpha value is -1.97. The molecular formula is C18H28N2O7. The van der Waals surface area contributed by atoms with Crippen molar-refractivity contribution in [3.8, 4) is 0 Å². The summed E-state index contributed by atoms with van der Waals surface area (Å²) in [6, 6.07) is -0.480. The van der Waals surface area contributed by atoms with Gasteiger partial charge in [-0.25, -0.2) is 9.59 Å². The first kappa shape index (κ1) is 21.3. The lowest BCUT2D eigenvalue weighted by molar-refractivity contribution is -0.147. The minimum Gasteiger partial charge on any atom is -0.466 e. The summed E-state index contributed by atoms with van der Waals surface area (Å²) in [6.45, 7) is 5.22. The largest absolute Gasteiger partial charge is 0.466 e. The van der Waals surface area contributed by atoms with E-state index in [1.165, 1.54) is 7.11 Å². The molecule has 27 heavy (non-hydrogen) atoms. The predicted molar refractivity (Wildman–Crippen MR) is 94.9 cm³/mol. The van der Waals surface area contributed by atoms with Gasteiger partial charge in [0.15, 0.2) is 0 Å². The van der Waals surface area contributed by atoms with E-state index in [1.807, 2.05) is 0 Å². The predicted octanol–water partition coefficient (Wildman–Crippen LogP) is -0.355. The summed E-state index contributed by atoms with van der Waals surface area (Å²) in [7, 11) is 1.22. The van der Waals surface area contributed by atoms with Crippen molar-refractivity contribution in [1.82, 2.24) is 10.2 Å². The molecule has 0 aliphatic carbocycles. The van der Waals surface area contributed by atoms with Crippen molar-refractivity contribution < 1.29 is 33.3 Å². The first-order valence-corrected chi connectivity index (χ1v) is 9.25. The number of rotatable bonds is 9. The van der Waals surface area contributed by atoms with Gasteiger partial charge in [-0.05, 0) is 19.4 Å². The molecule has 2 heterocycles. The second kappa shape index (κ2) is 11.7. The third-order valence-corrected chi connectivity index (χ3v) is 4.43. The molecule has 1 N–H and O–H groups in total. The van der Waals surface area contributed by atoms with Gasteiger partial charge in [0.25, 0.3) is 0 Å². The zero-order chi connectivity index (χ0) is 19.5. The van der Waals surface area contributed by atoms with E-state index >= 15 is 0 Å². The first-order valence-electron chi connectivity index (χ1n) is 9.25. The van der Waals surface area contributed by atoms with E-state index < -0.39 is 24.1 Å². The summed E-state index contributed by atoms with van der Waals surface area (Å²) in [5.41, 5.74) is 0. The monoisotopic (exact) mass is 384 g/mol. The van der Waals surface area contributed by atoms with E-state index in [1.54, 1.807) is 0 Å². The molecule has 0 unspecified atom stereocenters. The highest BCUT2D eigenvalue weighted by molar-refractivity contribution is 5.91. The van der Waals surface area contributed by atoms with Crippen LogP contribution in [0.5, 0.6) is 0 Å². The molecule has 2 aliphatic rings. The van der Waals surface area contributed by atoms with Crippen molar-refractivity contribution in [3.63, 3.8) is 0 Å². The zero-order valence-corrected chi connectivity index (χ0v) is 15.7. The third-order valence-electron chi connectivity index (χ3n) is 4.43. The van der Waals surface area contributed by atoms with Gasteiger partial charge in [-0.3, -0.25) is 9.69 Å². The molecule has 0 bridgehead atoms. The molecule has 0 aromatic carbocycles. The molecule has 0 spiro atoms. The maximum atomic E-state index is 12.1. The quantitative estimate of drug-likeness (QED) is 0.247. The fraction of sp³-hybridized carbons (Fsp3) is 0.722. The molecule has 152 valence electrons. The fourth-order valence-electron chi connectivity index (χ4n) is 2.92. The fourth-order valence-corrected chi connectivity index (χ4v) is 2.92. The van der Waals surface area contributed by atoms with Crippen LogP contribution in [-0.4, -0.2) is 88.1 Å². The molecule has 2 rings (SSSR count). The highest BCUT2D eigenvalue weighted by atomic mass is 16.6. The number of nitrogens with zero attached hydrogens (tertiary/aromatic N) is 1. The molecule has 9 nitrogen and oxygen atoms in total. The van der Waals surface area contributed by atoms with Crippen LogP contribution in [0.3, 0.4) is 0 Å². The number of morpholine rings is 1. The molecule has 0 radical (unpaired) electrons. The van der Waals surface area contributed by atoms with Crippen LogP contribution in [0.2, 0.25) is 0 Å². The maximum Gasteiger partial charge on any atom is 0.331 e. The Morgan fingerprint density at radius 2 is 1.89 bits per heavy atom. The van der Waals surface area contributed by atoms with Gasteiger partial charge in [0.05, 0.1) is 26.9 Å². The number of carbonyl (C=O) groups excluding carboxylic acids is 3. The van der Waals surface area contributed by atoms with E-state index in [9.17, 15) is 14.4 Å². The highest BCUT2D eigenvalue weighted by Crippen LogP contribution is 2.12. The number of nitrogens with one attached hydrogen (secondary N) is 1. The summed E-state index contributed by atoms with van der Waals surface area (Å²) in [4.78, 5) is 36.9. The van der Waals surface area contributed by atoms with Crippen LogP contribution in [0.1, 0.15) is 19.3 Å². The van der Waals surface area contributed by atoms with Crippen LogP contribution in [0.4, 0.5) is 0 Å². The van der Waals surface area contributed by atoms with Crippen LogP contribution in [0, 0.1) is 0 Å². The zero-order valence-electron chi connectivity index (χ0n) is 15.7. The number of esters is 3. The summed E-state index contributed by atoms with van der Waals surface area (Å²) in [5.74, 6) is -1.61. The van der Waals surface area contributed by atoms with Crippen molar-refractivity contribution >= 4 is 17.9 Å². The Morgan fingerprint density at radius 3 is 2.63 bits per heavy atom. The van der Waals surface area contributed by atoms with Gasteiger partial charge in [0.1, 0.15) is 12.1 Å². The Morgan fingerprint density at radius 1 is 1.15 bits per heavy atom. The average molecular weight is 384 g/mol. The molecule has 0 amide bonds. The van der Waals surface area contributed by atoms with Gasteiger partial charge >= 0.3 is 17.9 Å². The van der Waals surface area contributed by atoms with Crippen LogP contribution in [0.15, 0.2) is 12.2 Å². The summed E-state index contributed by atoms with van der Waals surface area (Å²) < 4.78 is 20.2. The van der Waals surface area contributed by atoms with E-state index in [-0.39, 0.29) is 5.97 Å². The summed E-state index contributed by atoms with van der Waals surface area (Å²) >= 11 is 0. The van der Waals surface area contributed by atoms with Gasteiger partial charge < -0.3 is 24.3 Å². The highest BCUT2D eigenvalue weighted by Gasteiger charge is 2.32. The lowest BCUT2D eigenvalue weighted by Crippen LogP contribution is -2.37. The minimum atomic E-state index is -0.649. The number of hydrogen-bond acceptors (Lipinski definition) is 9. The second-order valence-electron chi connectivity index (χ2n) is 6.44. The molecule has 0 saturated carbocycles. The van der Waals surface area contributed by atoms with Crippen molar-refractivity contribution in [1.29, 1.82) is 0 Å². The lowest BCUT2D eigenvalue weighted by Gasteiger charge is -2.26.